The number of nitrogens with zero attached hydrogens (tertiary/aromatic N) is 2. The first-order valence-corrected chi connectivity index (χ1v) is 16.3. The lowest BCUT2D eigenvalue weighted by Crippen LogP contribution is -2.62. The van der Waals surface area contributed by atoms with Crippen molar-refractivity contribution in [3.8, 4) is 0 Å². The van der Waals surface area contributed by atoms with Crippen LogP contribution >= 0.6 is 0 Å². The summed E-state index contributed by atoms with van der Waals surface area (Å²) in [7, 11) is 0. The Hall–Kier alpha value is -0.420. The molecule has 0 aromatic carbocycles. The van der Waals surface area contributed by atoms with E-state index in [1.165, 1.54) is 109 Å². The second-order valence-corrected chi connectivity index (χ2v) is 13.3. The van der Waals surface area contributed by atoms with Crippen LogP contribution in [0.1, 0.15) is 112 Å². The average molecular weight is 517 g/mol. The summed E-state index contributed by atoms with van der Waals surface area (Å²) in [6.07, 6.45) is 14.7. The zero-order chi connectivity index (χ0) is 26.6. The Labute approximate surface area is 229 Å². The van der Waals surface area contributed by atoms with Crippen molar-refractivity contribution in [1.29, 1.82) is 0 Å². The van der Waals surface area contributed by atoms with Crippen molar-refractivity contribution in [2.75, 3.05) is 39.3 Å². The summed E-state index contributed by atoms with van der Waals surface area (Å²) in [6.45, 7) is 25.5. The predicted molar refractivity (Wildman–Crippen MR) is 156 cm³/mol. The van der Waals surface area contributed by atoms with Gasteiger partial charge in [-0.25, -0.2) is 0 Å². The second kappa shape index (κ2) is 12.8. The van der Waals surface area contributed by atoms with Gasteiger partial charge in [0, 0.05) is 17.4 Å². The smallest absolute Gasteiger partial charge is 0.160 e. The highest BCUT2D eigenvalue weighted by Gasteiger charge is 2.60. The van der Waals surface area contributed by atoms with E-state index in [1.807, 2.05) is 13.8 Å². The van der Waals surface area contributed by atoms with Gasteiger partial charge in [-0.05, 0) is 108 Å². The molecule has 2 aliphatic heterocycles. The van der Waals surface area contributed by atoms with E-state index in [4.69, 9.17) is 9.47 Å². The number of likely N-dealkylation sites (tertiary alicyclic amines) is 1. The van der Waals surface area contributed by atoms with Gasteiger partial charge in [-0.15, -0.1) is 0 Å². The number of allylic oxidation sites excluding steroid dienone is 1. The molecule has 0 amide bonds. The standard InChI is InChI=1S/C31H54N2O2.C2H6/c1-6-33(7-2)25-15-19-32(20-16-25)21-17-26-23(3)12-13-27-30(26,4)18-14-28-31(27,5)22-34-29(35-28)24-10-8-9-11-24;1-2/h24-29H,3,6-22H2,1-2,4-5H3;1-2H3/t26-,27?,28-,29-,30+,31+;/m1./s1. The molecule has 6 atom stereocenters. The highest BCUT2D eigenvalue weighted by molar-refractivity contribution is 5.18. The Morgan fingerprint density at radius 2 is 1.62 bits per heavy atom. The number of ether oxygens (including phenoxy) is 2. The summed E-state index contributed by atoms with van der Waals surface area (Å²) in [5, 5.41) is 0. The third-order valence-corrected chi connectivity index (χ3v) is 11.6. The molecule has 3 aliphatic carbocycles. The van der Waals surface area contributed by atoms with Crippen molar-refractivity contribution in [3.63, 3.8) is 0 Å². The van der Waals surface area contributed by atoms with Gasteiger partial charge in [-0.1, -0.05) is 66.5 Å². The minimum absolute atomic E-state index is 0.0635. The van der Waals surface area contributed by atoms with Crippen LogP contribution in [0, 0.1) is 28.6 Å². The molecule has 4 nitrogen and oxygen atoms in total. The number of hydrogen-bond acceptors (Lipinski definition) is 4. The van der Waals surface area contributed by atoms with E-state index in [-0.39, 0.29) is 11.7 Å². The number of hydrogen-bond donors (Lipinski definition) is 0. The fraction of sp³-hybridized carbons (Fsp3) is 0.939. The van der Waals surface area contributed by atoms with E-state index < -0.39 is 0 Å². The minimum atomic E-state index is 0.0635. The highest BCUT2D eigenvalue weighted by atomic mass is 16.7. The summed E-state index contributed by atoms with van der Waals surface area (Å²) in [5.74, 6) is 1.96. The van der Waals surface area contributed by atoms with E-state index in [2.05, 4.69) is 44.1 Å². The maximum Gasteiger partial charge on any atom is 0.160 e. The molecule has 0 bridgehead atoms. The van der Waals surface area contributed by atoms with Gasteiger partial charge in [-0.3, -0.25) is 0 Å². The molecule has 214 valence electrons. The minimum Gasteiger partial charge on any atom is -0.352 e. The van der Waals surface area contributed by atoms with Crippen LogP contribution in [0.5, 0.6) is 0 Å². The Balaban J connectivity index is 0.00000156. The Kier molecular flexibility index (Phi) is 10.3. The molecule has 0 N–H and O–H groups in total. The number of piperidine rings is 1. The van der Waals surface area contributed by atoms with Crippen molar-refractivity contribution in [1.82, 2.24) is 9.80 Å². The number of fused-ring (bicyclic) bond motifs is 3. The molecule has 3 saturated carbocycles. The molecule has 2 heterocycles. The van der Waals surface area contributed by atoms with Gasteiger partial charge in [0.1, 0.15) is 0 Å². The van der Waals surface area contributed by atoms with Gasteiger partial charge in [0.2, 0.25) is 0 Å². The van der Waals surface area contributed by atoms with Crippen LogP contribution in [-0.4, -0.2) is 67.6 Å². The molecule has 37 heavy (non-hydrogen) atoms. The van der Waals surface area contributed by atoms with Gasteiger partial charge in [0.05, 0.1) is 12.7 Å². The largest absolute Gasteiger partial charge is 0.352 e. The summed E-state index contributed by atoms with van der Waals surface area (Å²) in [5.41, 5.74) is 2.03. The lowest BCUT2D eigenvalue weighted by atomic mass is 9.46. The molecule has 4 heteroatoms. The number of rotatable bonds is 7. The van der Waals surface area contributed by atoms with E-state index in [0.29, 0.717) is 29.3 Å². The lowest BCUT2D eigenvalue weighted by Gasteiger charge is -2.63. The average Bonchev–Trinajstić information content (AvgIpc) is 3.45. The normalized spacial score (nSPS) is 39.7. The molecule has 5 aliphatic rings. The van der Waals surface area contributed by atoms with Crippen LogP contribution in [0.15, 0.2) is 12.2 Å². The van der Waals surface area contributed by atoms with Crippen molar-refractivity contribution < 1.29 is 9.47 Å². The highest BCUT2D eigenvalue weighted by Crippen LogP contribution is 2.63. The fourth-order valence-corrected chi connectivity index (χ4v) is 9.42. The molecule has 0 radical (unpaired) electrons. The van der Waals surface area contributed by atoms with Crippen LogP contribution in [0.25, 0.3) is 0 Å². The van der Waals surface area contributed by atoms with E-state index in [9.17, 15) is 0 Å². The quantitative estimate of drug-likeness (QED) is 0.327. The van der Waals surface area contributed by atoms with E-state index in [1.54, 1.807) is 0 Å². The van der Waals surface area contributed by atoms with Crippen LogP contribution in [0.3, 0.4) is 0 Å². The van der Waals surface area contributed by atoms with Gasteiger partial charge in [-0.2, -0.15) is 0 Å². The van der Waals surface area contributed by atoms with Gasteiger partial charge in [0.15, 0.2) is 6.29 Å². The Morgan fingerprint density at radius 1 is 0.946 bits per heavy atom. The summed E-state index contributed by atoms with van der Waals surface area (Å²) >= 11 is 0. The van der Waals surface area contributed by atoms with Crippen molar-refractivity contribution in [2.24, 2.45) is 28.6 Å². The maximum atomic E-state index is 6.78. The summed E-state index contributed by atoms with van der Waals surface area (Å²) in [4.78, 5) is 5.42. The van der Waals surface area contributed by atoms with Crippen LogP contribution in [0.4, 0.5) is 0 Å². The van der Waals surface area contributed by atoms with Crippen LogP contribution < -0.4 is 0 Å². The Morgan fingerprint density at radius 3 is 2.27 bits per heavy atom. The molecule has 1 unspecified atom stereocenters. The summed E-state index contributed by atoms with van der Waals surface area (Å²) < 4.78 is 13.3. The zero-order valence-corrected chi connectivity index (χ0v) is 25.4. The van der Waals surface area contributed by atoms with Crippen LogP contribution in [0.2, 0.25) is 0 Å². The molecule has 2 saturated heterocycles. The zero-order valence-electron chi connectivity index (χ0n) is 25.4. The van der Waals surface area contributed by atoms with Crippen molar-refractivity contribution >= 4 is 0 Å². The fourth-order valence-electron chi connectivity index (χ4n) is 9.42. The van der Waals surface area contributed by atoms with Crippen LogP contribution in [-0.2, 0) is 9.47 Å². The second-order valence-electron chi connectivity index (χ2n) is 13.3. The SMILES string of the molecule is C=C1CCC2[C@]3(C)CO[C@@H](C4CCCC4)O[C@@H]3CC[C@@]2(C)[C@@H]1CCN1CCC(N(CC)CC)CC1.CC. The molecule has 0 aromatic rings. The molecular formula is C33H60N2O2. The topological polar surface area (TPSA) is 24.9 Å². The third-order valence-electron chi connectivity index (χ3n) is 11.6. The molecule has 0 spiro atoms. The van der Waals surface area contributed by atoms with E-state index >= 15 is 0 Å². The first kappa shape index (κ1) is 29.6. The summed E-state index contributed by atoms with van der Waals surface area (Å²) in [6, 6.07) is 0.794. The molecule has 5 rings (SSSR count). The first-order valence-electron chi connectivity index (χ1n) is 16.3. The van der Waals surface area contributed by atoms with Gasteiger partial charge < -0.3 is 19.3 Å². The lowest BCUT2D eigenvalue weighted by molar-refractivity contribution is -0.316. The predicted octanol–water partition coefficient (Wildman–Crippen LogP) is 7.53. The first-order chi connectivity index (χ1) is 17.9. The van der Waals surface area contributed by atoms with Gasteiger partial charge in [0.25, 0.3) is 0 Å². The maximum absolute atomic E-state index is 6.78. The van der Waals surface area contributed by atoms with E-state index in [0.717, 1.165) is 12.6 Å². The van der Waals surface area contributed by atoms with Crippen molar-refractivity contribution in [2.45, 2.75) is 131 Å². The molecular weight excluding hydrogens is 456 g/mol. The molecule has 5 fully saturated rings. The van der Waals surface area contributed by atoms with Crippen molar-refractivity contribution in [3.05, 3.63) is 12.2 Å². The Bertz CT molecular complexity index is 724. The monoisotopic (exact) mass is 516 g/mol. The van der Waals surface area contributed by atoms with Gasteiger partial charge >= 0.3 is 0 Å². The third kappa shape index (κ3) is 5.88. The molecule has 0 aromatic heterocycles.